The lowest BCUT2D eigenvalue weighted by Gasteiger charge is -2.27. The summed E-state index contributed by atoms with van der Waals surface area (Å²) in [5.74, 6) is -1.92. The number of halogens is 2. The van der Waals surface area contributed by atoms with Crippen molar-refractivity contribution in [3.8, 4) is 5.75 Å². The highest BCUT2D eigenvalue weighted by Crippen LogP contribution is 2.31. The molecule has 3 aromatic carbocycles. The predicted molar refractivity (Wildman–Crippen MR) is 131 cm³/mol. The number of imide groups is 2. The molecule has 3 aromatic rings. The first-order valence-corrected chi connectivity index (χ1v) is 12.2. The Morgan fingerprint density at radius 1 is 0.914 bits per heavy atom. The Kier molecular flexibility index (Phi) is 6.66. The molecule has 4 amide bonds. The van der Waals surface area contributed by atoms with Gasteiger partial charge in [-0.25, -0.2) is 9.69 Å². The van der Waals surface area contributed by atoms with Gasteiger partial charge in [-0.1, -0.05) is 59.1 Å². The second kappa shape index (κ2) is 9.53. The molecule has 1 heterocycles. The summed E-state index contributed by atoms with van der Waals surface area (Å²) in [5.41, 5.74) is 0.942. The molecule has 0 spiro atoms. The monoisotopic (exact) mass is 530 g/mol. The number of para-hydroxylation sites is 1. The molecule has 0 radical (unpaired) electrons. The van der Waals surface area contributed by atoms with Crippen molar-refractivity contribution in [2.24, 2.45) is 0 Å². The number of nitrogens with one attached hydrogen (secondary N) is 1. The SMILES string of the molecule is Cc1ccc(S(=O)(=O)Oc2ccc(/C=C3\C(=O)NC(=O)N(c4ccccc4Cl)C3=O)cc2Cl)cc1. The molecule has 1 fully saturated rings. The van der Waals surface area contributed by atoms with Crippen molar-refractivity contribution in [3.63, 3.8) is 0 Å². The lowest BCUT2D eigenvalue weighted by Crippen LogP contribution is -2.54. The van der Waals surface area contributed by atoms with Crippen LogP contribution in [0.5, 0.6) is 5.75 Å². The number of carbonyl (C=O) groups is 3. The van der Waals surface area contributed by atoms with E-state index in [2.05, 4.69) is 5.32 Å². The first kappa shape index (κ1) is 24.5. The van der Waals surface area contributed by atoms with Gasteiger partial charge in [-0.15, -0.1) is 0 Å². The molecule has 0 aliphatic carbocycles. The van der Waals surface area contributed by atoms with Crippen molar-refractivity contribution in [1.82, 2.24) is 5.32 Å². The lowest BCUT2D eigenvalue weighted by molar-refractivity contribution is -0.122. The van der Waals surface area contributed by atoms with Gasteiger partial charge in [-0.05, 0) is 55.0 Å². The average Bonchev–Trinajstić information content (AvgIpc) is 2.80. The summed E-state index contributed by atoms with van der Waals surface area (Å²) in [6.45, 7) is 1.82. The van der Waals surface area contributed by atoms with Gasteiger partial charge >= 0.3 is 16.1 Å². The highest BCUT2D eigenvalue weighted by atomic mass is 35.5. The molecule has 1 saturated heterocycles. The van der Waals surface area contributed by atoms with E-state index in [4.69, 9.17) is 27.4 Å². The van der Waals surface area contributed by atoms with Gasteiger partial charge in [0.25, 0.3) is 11.8 Å². The largest absolute Gasteiger partial charge is 0.377 e. The number of barbiturate groups is 1. The van der Waals surface area contributed by atoms with Gasteiger partial charge in [-0.3, -0.25) is 14.9 Å². The quantitative estimate of drug-likeness (QED) is 0.290. The van der Waals surface area contributed by atoms with Crippen molar-refractivity contribution < 1.29 is 27.0 Å². The second-order valence-electron chi connectivity index (χ2n) is 7.45. The third kappa shape index (κ3) is 5.07. The molecular weight excluding hydrogens is 515 g/mol. The maximum Gasteiger partial charge on any atom is 0.339 e. The maximum absolute atomic E-state index is 13.0. The van der Waals surface area contributed by atoms with Crippen LogP contribution >= 0.6 is 23.2 Å². The number of hydrogen-bond donors (Lipinski definition) is 1. The Morgan fingerprint density at radius 2 is 1.60 bits per heavy atom. The minimum absolute atomic E-state index is 0.0424. The van der Waals surface area contributed by atoms with Gasteiger partial charge in [0.1, 0.15) is 10.5 Å². The van der Waals surface area contributed by atoms with Crippen LogP contribution < -0.4 is 14.4 Å². The van der Waals surface area contributed by atoms with Crippen LogP contribution in [0.4, 0.5) is 10.5 Å². The van der Waals surface area contributed by atoms with Crippen molar-refractivity contribution in [2.45, 2.75) is 11.8 Å². The minimum atomic E-state index is -4.13. The van der Waals surface area contributed by atoms with Crippen molar-refractivity contribution in [2.75, 3.05) is 4.90 Å². The fraction of sp³-hybridized carbons (Fsp3) is 0.0417. The molecule has 1 N–H and O–H groups in total. The molecule has 0 bridgehead atoms. The molecule has 0 atom stereocenters. The predicted octanol–water partition coefficient (Wildman–Crippen LogP) is 4.74. The zero-order chi connectivity index (χ0) is 25.3. The Hall–Kier alpha value is -3.66. The molecule has 11 heteroatoms. The van der Waals surface area contributed by atoms with Crippen LogP contribution in [-0.4, -0.2) is 26.3 Å². The molecule has 0 saturated carbocycles. The number of benzene rings is 3. The van der Waals surface area contributed by atoms with E-state index in [9.17, 15) is 22.8 Å². The molecule has 4 rings (SSSR count). The number of anilines is 1. The highest BCUT2D eigenvalue weighted by Gasteiger charge is 2.37. The van der Waals surface area contributed by atoms with Crippen LogP contribution in [0.1, 0.15) is 11.1 Å². The number of rotatable bonds is 5. The first-order chi connectivity index (χ1) is 16.6. The second-order valence-corrected chi connectivity index (χ2v) is 9.81. The summed E-state index contributed by atoms with van der Waals surface area (Å²) >= 11 is 12.3. The van der Waals surface area contributed by atoms with Crippen LogP contribution in [0.15, 0.2) is 77.2 Å². The molecule has 0 unspecified atom stereocenters. The standard InChI is InChI=1S/C24H16Cl2N2O6S/c1-14-6-9-16(10-7-14)35(32,33)34-21-11-8-15(13-19(21)26)12-17-22(29)27-24(31)28(23(17)30)20-5-3-2-4-18(20)25/h2-13H,1H3,(H,27,29,31)/b17-12+. The zero-order valence-electron chi connectivity index (χ0n) is 18.0. The number of amides is 4. The van der Waals surface area contributed by atoms with E-state index < -0.39 is 28.0 Å². The van der Waals surface area contributed by atoms with E-state index in [-0.39, 0.29) is 32.0 Å². The van der Waals surface area contributed by atoms with Crippen molar-refractivity contribution >= 4 is 62.9 Å². The molecular formula is C24H16Cl2N2O6S. The van der Waals surface area contributed by atoms with Crippen LogP contribution in [0, 0.1) is 6.92 Å². The fourth-order valence-electron chi connectivity index (χ4n) is 3.22. The number of carbonyl (C=O) groups excluding carboxylic acids is 3. The smallest absolute Gasteiger partial charge is 0.339 e. The van der Waals surface area contributed by atoms with Crippen molar-refractivity contribution in [3.05, 3.63) is 93.5 Å². The summed E-state index contributed by atoms with van der Waals surface area (Å²) in [7, 11) is -4.13. The summed E-state index contributed by atoms with van der Waals surface area (Å²) in [4.78, 5) is 38.4. The van der Waals surface area contributed by atoms with Gasteiger partial charge in [0.2, 0.25) is 0 Å². The normalized spacial score (nSPS) is 15.3. The van der Waals surface area contributed by atoms with Crippen molar-refractivity contribution in [1.29, 1.82) is 0 Å². The van der Waals surface area contributed by atoms with E-state index in [0.29, 0.717) is 5.56 Å². The van der Waals surface area contributed by atoms with Gasteiger partial charge in [0, 0.05) is 0 Å². The zero-order valence-corrected chi connectivity index (χ0v) is 20.3. The first-order valence-electron chi connectivity index (χ1n) is 10.0. The van der Waals surface area contributed by atoms with E-state index in [1.165, 1.54) is 48.5 Å². The fourth-order valence-corrected chi connectivity index (χ4v) is 4.66. The Balaban J connectivity index is 1.63. The summed E-state index contributed by atoms with van der Waals surface area (Å²) in [6, 6.07) is 15.4. The third-order valence-electron chi connectivity index (χ3n) is 4.97. The third-order valence-corrected chi connectivity index (χ3v) is 6.83. The van der Waals surface area contributed by atoms with E-state index >= 15 is 0 Å². The number of nitrogens with zero attached hydrogens (tertiary/aromatic N) is 1. The molecule has 0 aromatic heterocycles. The van der Waals surface area contributed by atoms with Gasteiger partial charge in [0.05, 0.1) is 15.7 Å². The van der Waals surface area contributed by atoms with E-state index in [0.717, 1.165) is 10.5 Å². The van der Waals surface area contributed by atoms with Crippen LogP contribution in [-0.2, 0) is 19.7 Å². The number of aryl methyl sites for hydroxylation is 1. The molecule has 178 valence electrons. The highest BCUT2D eigenvalue weighted by molar-refractivity contribution is 7.87. The minimum Gasteiger partial charge on any atom is -0.377 e. The van der Waals surface area contributed by atoms with Gasteiger partial charge < -0.3 is 4.18 Å². The van der Waals surface area contributed by atoms with E-state index in [1.54, 1.807) is 24.3 Å². The molecule has 1 aliphatic heterocycles. The Morgan fingerprint density at radius 3 is 2.26 bits per heavy atom. The van der Waals surface area contributed by atoms with Crippen LogP contribution in [0.3, 0.4) is 0 Å². The summed E-state index contributed by atoms with van der Waals surface area (Å²) in [5, 5.41) is 2.17. The molecule has 8 nitrogen and oxygen atoms in total. The summed E-state index contributed by atoms with van der Waals surface area (Å²) in [6.07, 6.45) is 1.22. The number of urea groups is 1. The average molecular weight is 531 g/mol. The number of hydrogen-bond acceptors (Lipinski definition) is 6. The van der Waals surface area contributed by atoms with Crippen LogP contribution in [0.25, 0.3) is 6.08 Å². The van der Waals surface area contributed by atoms with E-state index in [1.807, 2.05) is 6.92 Å². The van der Waals surface area contributed by atoms with Crippen LogP contribution in [0.2, 0.25) is 10.0 Å². The summed E-state index contributed by atoms with van der Waals surface area (Å²) < 4.78 is 30.2. The topological polar surface area (TPSA) is 110 Å². The molecule has 35 heavy (non-hydrogen) atoms. The maximum atomic E-state index is 13.0. The Bertz CT molecular complexity index is 1500. The van der Waals surface area contributed by atoms with Gasteiger partial charge in [-0.2, -0.15) is 8.42 Å². The lowest BCUT2D eigenvalue weighted by atomic mass is 10.1. The van der Waals surface area contributed by atoms with Gasteiger partial charge in [0.15, 0.2) is 5.75 Å². The molecule has 1 aliphatic rings. The Labute approximate surface area is 210 Å².